The van der Waals surface area contributed by atoms with Crippen molar-refractivity contribution in [1.29, 1.82) is 5.26 Å². The molecule has 5 nitrogen and oxygen atoms in total. The van der Waals surface area contributed by atoms with Gasteiger partial charge in [0.1, 0.15) is 0 Å². The van der Waals surface area contributed by atoms with Crippen molar-refractivity contribution in [3.05, 3.63) is 319 Å². The normalized spacial score (nSPS) is 12.5. The zero-order chi connectivity index (χ0) is 64.0. The van der Waals surface area contributed by atoms with Gasteiger partial charge < -0.3 is 14.4 Å². The molecular weight excluding hydrogens is 1140 g/mol. The third-order valence-electron chi connectivity index (χ3n) is 19.3. The van der Waals surface area contributed by atoms with Crippen molar-refractivity contribution in [2.75, 3.05) is 9.80 Å². The predicted molar refractivity (Wildman–Crippen MR) is 396 cm³/mol. The Hall–Kier alpha value is -11.7. The molecule has 0 unspecified atom stereocenters. The average Bonchev–Trinajstić information content (AvgIpc) is 0.766. The fraction of sp³-hybridized carbons (Fsp3) is 0.0909. The summed E-state index contributed by atoms with van der Waals surface area (Å²) >= 11 is 0. The Morgan fingerprint density at radius 1 is 0.362 bits per heavy atom. The number of hydrogen-bond donors (Lipinski definition) is 0. The molecule has 0 atom stereocenters. The van der Waals surface area contributed by atoms with Crippen LogP contribution in [0.25, 0.3) is 99.1 Å². The van der Waals surface area contributed by atoms with Gasteiger partial charge in [-0.3, -0.25) is 0 Å². The lowest BCUT2D eigenvalue weighted by molar-refractivity contribution is 0.590. The van der Waals surface area contributed by atoms with Gasteiger partial charge in [0.05, 0.1) is 46.3 Å². The van der Waals surface area contributed by atoms with Gasteiger partial charge in [-0.15, -0.1) is 0 Å². The molecule has 3 heterocycles. The van der Waals surface area contributed by atoms with Crippen LogP contribution < -0.4 is 26.2 Å². The van der Waals surface area contributed by atoms with E-state index in [1.54, 1.807) is 0 Å². The molecule has 0 saturated carbocycles. The molecular formula is C88H66BN5. The van der Waals surface area contributed by atoms with Gasteiger partial charge in [0, 0.05) is 55.8 Å². The van der Waals surface area contributed by atoms with Crippen LogP contribution in [0.15, 0.2) is 291 Å². The largest absolute Gasteiger partial charge is 0.310 e. The highest BCUT2D eigenvalue weighted by molar-refractivity contribution is 7.00. The molecule has 2 aliphatic rings. The van der Waals surface area contributed by atoms with Crippen LogP contribution in [-0.4, -0.2) is 11.3 Å². The summed E-state index contributed by atoms with van der Waals surface area (Å²) in [6.07, 6.45) is 0. The summed E-state index contributed by atoms with van der Waals surface area (Å²) in [6, 6.07) is 109. The molecule has 13 aromatic carbocycles. The SMILES string of the molecule is [C-]#[N+]c1cc(-c2ccc3c(c2)B2c4cc(-c5cc(C#N)cc(C(C)(C)C)c5)ccc4N(c4c(-c5ccccc5)cccc4-c4ccccc4)c4cc(-n5c6ccccc6c6ccccc65)cc(c42)N3c2c(-c3ccccc3)cccc2-c2ccccc2)cc(C(C)(C)C)c1. The van der Waals surface area contributed by atoms with E-state index in [4.69, 9.17) is 6.57 Å². The number of anilines is 6. The zero-order valence-electron chi connectivity index (χ0n) is 53.5. The third-order valence-corrected chi connectivity index (χ3v) is 19.3. The van der Waals surface area contributed by atoms with E-state index in [0.717, 1.165) is 145 Å². The van der Waals surface area contributed by atoms with Gasteiger partial charge in [-0.2, -0.15) is 5.26 Å². The smallest absolute Gasteiger partial charge is 0.252 e. The minimum Gasteiger partial charge on any atom is -0.310 e. The molecule has 1 aromatic heterocycles. The summed E-state index contributed by atoms with van der Waals surface area (Å²) in [4.78, 5) is 9.31. The van der Waals surface area contributed by atoms with Crippen molar-refractivity contribution in [3.8, 4) is 78.5 Å². The Kier molecular flexibility index (Phi) is 13.8. The molecule has 0 saturated heterocycles. The van der Waals surface area contributed by atoms with E-state index in [9.17, 15) is 5.26 Å². The summed E-state index contributed by atoms with van der Waals surface area (Å²) < 4.78 is 2.48. The Morgan fingerprint density at radius 3 is 1.16 bits per heavy atom. The highest BCUT2D eigenvalue weighted by Gasteiger charge is 2.46. The quantitative estimate of drug-likeness (QED) is 0.107. The van der Waals surface area contributed by atoms with E-state index in [2.05, 4.69) is 352 Å². The van der Waals surface area contributed by atoms with Crippen LogP contribution in [0, 0.1) is 17.9 Å². The Morgan fingerprint density at radius 2 is 0.755 bits per heavy atom. The number of aromatic nitrogens is 1. The van der Waals surface area contributed by atoms with Gasteiger partial charge in [-0.25, -0.2) is 4.85 Å². The molecule has 446 valence electrons. The number of rotatable bonds is 9. The molecule has 6 heteroatoms. The van der Waals surface area contributed by atoms with E-state index in [-0.39, 0.29) is 17.5 Å². The monoisotopic (exact) mass is 1200 g/mol. The number of nitrogens with zero attached hydrogens (tertiary/aromatic N) is 5. The van der Waals surface area contributed by atoms with Gasteiger partial charge >= 0.3 is 0 Å². The molecule has 0 N–H and O–H groups in total. The van der Waals surface area contributed by atoms with Crippen LogP contribution >= 0.6 is 0 Å². The molecule has 0 radical (unpaired) electrons. The number of fused-ring (bicyclic) bond motifs is 7. The van der Waals surface area contributed by atoms with E-state index in [1.807, 2.05) is 6.07 Å². The standard InChI is InChI=1S/C88H66BN5/c1-87(2,3)66-47-57(56-90)46-64(48-66)62-42-44-80-76(51-62)89-77-52-63(65-49-67(88(4,5)6)53-68(50-65)91-7)43-45-81(77)94(86-72(60-30-16-10-17-31-60)38-25-39-73(86)61-32-18-11-19-33-61)83-55-69(92-78-40-22-20-34-74(78)75-35-21-23-41-79(75)92)54-82(84(83)89)93(80)85-70(58-26-12-8-13-27-58)36-24-37-71(85)59-28-14-9-15-29-59/h8-55H,1-6H3. The summed E-state index contributed by atoms with van der Waals surface area (Å²) in [5.41, 5.74) is 28.7. The van der Waals surface area contributed by atoms with Crippen LogP contribution in [0.1, 0.15) is 58.2 Å². The molecule has 0 aliphatic carbocycles. The van der Waals surface area contributed by atoms with Gasteiger partial charge in [0.25, 0.3) is 6.71 Å². The fourth-order valence-electron chi connectivity index (χ4n) is 14.7. The third kappa shape index (κ3) is 9.69. The predicted octanol–water partition coefficient (Wildman–Crippen LogP) is 21.9. The molecule has 0 spiro atoms. The number of hydrogen-bond acceptors (Lipinski definition) is 3. The summed E-state index contributed by atoms with van der Waals surface area (Å²) in [6.45, 7) is 21.4. The van der Waals surface area contributed by atoms with Gasteiger partial charge in [0.15, 0.2) is 5.69 Å². The lowest BCUT2D eigenvalue weighted by Crippen LogP contribution is -2.61. The molecule has 14 aromatic rings. The molecule has 16 rings (SSSR count). The second kappa shape index (κ2) is 22.6. The lowest BCUT2D eigenvalue weighted by atomic mass is 9.33. The lowest BCUT2D eigenvalue weighted by Gasteiger charge is -2.46. The van der Waals surface area contributed by atoms with Crippen molar-refractivity contribution < 1.29 is 0 Å². The topological polar surface area (TPSA) is 39.6 Å². The Bertz CT molecular complexity index is 4980. The molecule has 0 fully saturated rings. The van der Waals surface area contributed by atoms with E-state index in [0.29, 0.717) is 11.3 Å². The van der Waals surface area contributed by atoms with Crippen LogP contribution in [0.4, 0.5) is 39.8 Å². The van der Waals surface area contributed by atoms with Crippen molar-refractivity contribution in [1.82, 2.24) is 4.57 Å². The number of para-hydroxylation sites is 4. The Balaban J connectivity index is 1.12. The Labute approximate surface area is 551 Å². The first-order valence-electron chi connectivity index (χ1n) is 32.4. The van der Waals surface area contributed by atoms with Crippen molar-refractivity contribution in [2.45, 2.75) is 52.4 Å². The fourth-order valence-corrected chi connectivity index (χ4v) is 14.7. The second-order valence-electron chi connectivity index (χ2n) is 27.1. The molecule has 94 heavy (non-hydrogen) atoms. The van der Waals surface area contributed by atoms with E-state index >= 15 is 0 Å². The number of benzene rings is 13. The summed E-state index contributed by atoms with van der Waals surface area (Å²) in [5, 5.41) is 13.1. The van der Waals surface area contributed by atoms with Gasteiger partial charge in [0.2, 0.25) is 0 Å². The average molecular weight is 1200 g/mol. The van der Waals surface area contributed by atoms with Gasteiger partial charge in [-0.05, 0) is 132 Å². The van der Waals surface area contributed by atoms with Gasteiger partial charge in [-0.1, -0.05) is 284 Å². The first-order valence-corrected chi connectivity index (χ1v) is 32.4. The van der Waals surface area contributed by atoms with Crippen LogP contribution in [0.5, 0.6) is 0 Å². The molecule has 2 aliphatic heterocycles. The minimum absolute atomic E-state index is 0.218. The van der Waals surface area contributed by atoms with E-state index in [1.165, 1.54) is 10.8 Å². The van der Waals surface area contributed by atoms with E-state index < -0.39 is 0 Å². The van der Waals surface area contributed by atoms with Crippen LogP contribution in [0.3, 0.4) is 0 Å². The molecule has 0 amide bonds. The second-order valence-corrected chi connectivity index (χ2v) is 27.1. The highest BCUT2D eigenvalue weighted by Crippen LogP contribution is 2.54. The summed E-state index contributed by atoms with van der Waals surface area (Å²) in [5.74, 6) is 0. The number of nitriles is 1. The van der Waals surface area contributed by atoms with Crippen molar-refractivity contribution >= 4 is 84.7 Å². The van der Waals surface area contributed by atoms with Crippen molar-refractivity contribution in [3.63, 3.8) is 0 Å². The molecule has 0 bridgehead atoms. The first-order chi connectivity index (χ1) is 45.8. The van der Waals surface area contributed by atoms with Crippen LogP contribution in [-0.2, 0) is 10.8 Å². The maximum atomic E-state index is 10.8. The zero-order valence-corrected chi connectivity index (χ0v) is 53.5. The van der Waals surface area contributed by atoms with Crippen molar-refractivity contribution in [2.24, 2.45) is 0 Å². The summed E-state index contributed by atoms with van der Waals surface area (Å²) in [7, 11) is 0. The maximum Gasteiger partial charge on any atom is 0.252 e. The highest BCUT2D eigenvalue weighted by atomic mass is 15.2. The maximum absolute atomic E-state index is 10.8. The van der Waals surface area contributed by atoms with Crippen LogP contribution in [0.2, 0.25) is 0 Å². The minimum atomic E-state index is -0.366. The first kappa shape index (κ1) is 57.5.